The van der Waals surface area contributed by atoms with Crippen LogP contribution in [0.25, 0.3) is 10.9 Å². The SMILES string of the molecule is CCOC(=O)C(N)Cc1c[nH]c2ccc(C(=O)O)cc12.Cl. The van der Waals surface area contributed by atoms with E-state index >= 15 is 0 Å². The van der Waals surface area contributed by atoms with Crippen LogP contribution in [0.1, 0.15) is 22.8 Å². The predicted molar refractivity (Wildman–Crippen MR) is 80.8 cm³/mol. The number of carbonyl (C=O) groups excluding carboxylic acids is 1. The standard InChI is InChI=1S/C14H16N2O4.ClH/c1-2-20-14(19)11(15)6-9-7-16-12-4-3-8(13(17)18)5-10(9)12;/h3-5,7,11,16H,2,6,15H2,1H3,(H,17,18);1H. The lowest BCUT2D eigenvalue weighted by atomic mass is 10.0. The summed E-state index contributed by atoms with van der Waals surface area (Å²) in [5.74, 6) is -1.45. The van der Waals surface area contributed by atoms with Crippen molar-refractivity contribution in [2.24, 2.45) is 5.73 Å². The molecule has 0 aliphatic heterocycles. The van der Waals surface area contributed by atoms with Crippen molar-refractivity contribution < 1.29 is 19.4 Å². The predicted octanol–water partition coefficient (Wildman–Crippen LogP) is 1.72. The molecule has 1 unspecified atom stereocenters. The Morgan fingerprint density at radius 3 is 2.76 bits per heavy atom. The zero-order chi connectivity index (χ0) is 14.7. The molecule has 21 heavy (non-hydrogen) atoms. The quantitative estimate of drug-likeness (QED) is 0.729. The van der Waals surface area contributed by atoms with Crippen LogP contribution in [0.5, 0.6) is 0 Å². The van der Waals surface area contributed by atoms with Gasteiger partial charge in [-0.25, -0.2) is 4.79 Å². The monoisotopic (exact) mass is 312 g/mol. The van der Waals surface area contributed by atoms with Gasteiger partial charge in [0.1, 0.15) is 6.04 Å². The first kappa shape index (κ1) is 17.0. The van der Waals surface area contributed by atoms with Gasteiger partial charge in [0.2, 0.25) is 0 Å². The molecule has 0 bridgehead atoms. The molecular formula is C14H17ClN2O4. The first-order chi connectivity index (χ1) is 9.52. The molecule has 1 aromatic carbocycles. The number of hydrogen-bond donors (Lipinski definition) is 3. The van der Waals surface area contributed by atoms with E-state index < -0.39 is 18.0 Å². The van der Waals surface area contributed by atoms with Crippen molar-refractivity contribution in [1.82, 2.24) is 4.98 Å². The highest BCUT2D eigenvalue weighted by Crippen LogP contribution is 2.21. The Kier molecular flexibility index (Phi) is 5.75. The first-order valence-electron chi connectivity index (χ1n) is 6.28. The van der Waals surface area contributed by atoms with Crippen molar-refractivity contribution in [2.75, 3.05) is 6.61 Å². The van der Waals surface area contributed by atoms with Crippen molar-refractivity contribution in [3.8, 4) is 0 Å². The van der Waals surface area contributed by atoms with Gasteiger partial charge in [0.05, 0.1) is 12.2 Å². The fraction of sp³-hybridized carbons (Fsp3) is 0.286. The molecule has 0 aliphatic carbocycles. The van der Waals surface area contributed by atoms with Gasteiger partial charge in [0.15, 0.2) is 0 Å². The number of benzene rings is 1. The van der Waals surface area contributed by atoms with Crippen LogP contribution in [0.3, 0.4) is 0 Å². The van der Waals surface area contributed by atoms with E-state index in [2.05, 4.69) is 4.98 Å². The number of carboxylic acid groups (broad SMARTS) is 1. The summed E-state index contributed by atoms with van der Waals surface area (Å²) >= 11 is 0. The maximum atomic E-state index is 11.5. The average molecular weight is 313 g/mol. The van der Waals surface area contributed by atoms with Crippen LogP contribution in [0, 0.1) is 0 Å². The molecular weight excluding hydrogens is 296 g/mol. The summed E-state index contributed by atoms with van der Waals surface area (Å²) in [6, 6.07) is 4.03. The van der Waals surface area contributed by atoms with Crippen molar-refractivity contribution in [3.05, 3.63) is 35.5 Å². The zero-order valence-electron chi connectivity index (χ0n) is 11.5. The number of fused-ring (bicyclic) bond motifs is 1. The molecule has 0 saturated heterocycles. The Morgan fingerprint density at radius 2 is 2.14 bits per heavy atom. The lowest BCUT2D eigenvalue weighted by Crippen LogP contribution is -2.34. The number of aromatic nitrogens is 1. The molecule has 7 heteroatoms. The molecule has 1 aromatic heterocycles. The highest BCUT2D eigenvalue weighted by atomic mass is 35.5. The molecule has 0 aliphatic rings. The third-order valence-corrected chi connectivity index (χ3v) is 3.04. The molecule has 2 aromatic rings. The molecule has 2 rings (SSSR count). The molecule has 0 fully saturated rings. The molecule has 0 saturated carbocycles. The summed E-state index contributed by atoms with van der Waals surface area (Å²) in [6.45, 7) is 2.00. The smallest absolute Gasteiger partial charge is 0.335 e. The summed E-state index contributed by atoms with van der Waals surface area (Å²) in [6.07, 6.45) is 2.03. The number of rotatable bonds is 5. The Hall–Kier alpha value is -2.05. The van der Waals surface area contributed by atoms with Crippen molar-refractivity contribution in [2.45, 2.75) is 19.4 Å². The summed E-state index contributed by atoms with van der Waals surface area (Å²) < 4.78 is 4.86. The van der Waals surface area contributed by atoms with Crippen LogP contribution in [-0.2, 0) is 16.0 Å². The van der Waals surface area contributed by atoms with Gasteiger partial charge in [0, 0.05) is 23.5 Å². The largest absolute Gasteiger partial charge is 0.478 e. The van der Waals surface area contributed by atoms with E-state index in [0.717, 1.165) is 16.5 Å². The van der Waals surface area contributed by atoms with Gasteiger partial charge in [-0.1, -0.05) is 0 Å². The normalized spacial score (nSPS) is 11.7. The van der Waals surface area contributed by atoms with Crippen LogP contribution < -0.4 is 5.73 Å². The Balaban J connectivity index is 0.00000220. The highest BCUT2D eigenvalue weighted by Gasteiger charge is 2.17. The van der Waals surface area contributed by atoms with Gasteiger partial charge in [-0.2, -0.15) is 0 Å². The molecule has 0 spiro atoms. The number of nitrogens with one attached hydrogen (secondary N) is 1. The van der Waals surface area contributed by atoms with Gasteiger partial charge in [0.25, 0.3) is 0 Å². The van der Waals surface area contributed by atoms with E-state index in [1.807, 2.05) is 0 Å². The summed E-state index contributed by atoms with van der Waals surface area (Å²) in [5.41, 5.74) is 7.58. The zero-order valence-corrected chi connectivity index (χ0v) is 12.3. The number of carbonyl (C=O) groups is 2. The highest BCUT2D eigenvalue weighted by molar-refractivity contribution is 5.94. The molecule has 1 heterocycles. The molecule has 1 atom stereocenters. The molecule has 4 N–H and O–H groups in total. The minimum Gasteiger partial charge on any atom is -0.478 e. The van der Waals surface area contributed by atoms with Gasteiger partial charge < -0.3 is 20.6 Å². The van der Waals surface area contributed by atoms with E-state index in [4.69, 9.17) is 15.6 Å². The molecule has 0 amide bonds. The minimum atomic E-state index is -0.992. The minimum absolute atomic E-state index is 0. The molecule has 0 radical (unpaired) electrons. The molecule has 114 valence electrons. The van der Waals surface area contributed by atoms with Crippen LogP contribution in [0.2, 0.25) is 0 Å². The molecule has 6 nitrogen and oxygen atoms in total. The van der Waals surface area contributed by atoms with Crippen LogP contribution in [0.4, 0.5) is 0 Å². The number of aromatic amines is 1. The van der Waals surface area contributed by atoms with Crippen molar-refractivity contribution in [1.29, 1.82) is 0 Å². The summed E-state index contributed by atoms with van der Waals surface area (Å²) in [7, 11) is 0. The Bertz CT molecular complexity index is 653. The second-order valence-electron chi connectivity index (χ2n) is 4.44. The van der Waals surface area contributed by atoms with Gasteiger partial charge in [-0.05, 0) is 30.7 Å². The van der Waals surface area contributed by atoms with Gasteiger partial charge in [-0.3, -0.25) is 4.79 Å². The van der Waals surface area contributed by atoms with E-state index in [0.29, 0.717) is 6.42 Å². The van der Waals surface area contributed by atoms with E-state index in [9.17, 15) is 9.59 Å². The number of ether oxygens (including phenoxy) is 1. The third kappa shape index (κ3) is 3.74. The van der Waals surface area contributed by atoms with E-state index in [1.54, 1.807) is 25.3 Å². The maximum absolute atomic E-state index is 11.5. The number of halogens is 1. The van der Waals surface area contributed by atoms with Gasteiger partial charge in [-0.15, -0.1) is 12.4 Å². The number of aromatic carboxylic acids is 1. The van der Waals surface area contributed by atoms with Crippen molar-refractivity contribution >= 4 is 35.2 Å². The number of esters is 1. The average Bonchev–Trinajstić information content (AvgIpc) is 2.81. The fourth-order valence-electron chi connectivity index (χ4n) is 2.05. The van der Waals surface area contributed by atoms with Gasteiger partial charge >= 0.3 is 11.9 Å². The Labute approximate surface area is 127 Å². The number of nitrogens with two attached hydrogens (primary N) is 1. The fourth-order valence-corrected chi connectivity index (χ4v) is 2.05. The lowest BCUT2D eigenvalue weighted by molar-refractivity contribution is -0.144. The van der Waals surface area contributed by atoms with Crippen LogP contribution in [0.15, 0.2) is 24.4 Å². The number of hydrogen-bond acceptors (Lipinski definition) is 4. The summed E-state index contributed by atoms with van der Waals surface area (Å²) in [4.78, 5) is 25.5. The Morgan fingerprint density at radius 1 is 1.43 bits per heavy atom. The first-order valence-corrected chi connectivity index (χ1v) is 6.28. The summed E-state index contributed by atoms with van der Waals surface area (Å²) in [5, 5.41) is 9.76. The van der Waals surface area contributed by atoms with Crippen LogP contribution in [-0.4, -0.2) is 34.7 Å². The van der Waals surface area contributed by atoms with Crippen molar-refractivity contribution in [3.63, 3.8) is 0 Å². The third-order valence-electron chi connectivity index (χ3n) is 3.04. The number of carboxylic acids is 1. The maximum Gasteiger partial charge on any atom is 0.335 e. The number of H-pyrrole nitrogens is 1. The second kappa shape index (κ2) is 7.10. The van der Waals surface area contributed by atoms with E-state index in [1.165, 1.54) is 6.07 Å². The lowest BCUT2D eigenvalue weighted by Gasteiger charge is -2.09. The van der Waals surface area contributed by atoms with Crippen LogP contribution >= 0.6 is 12.4 Å². The second-order valence-corrected chi connectivity index (χ2v) is 4.44. The topological polar surface area (TPSA) is 105 Å². The van der Waals surface area contributed by atoms with E-state index in [-0.39, 0.29) is 24.6 Å².